The van der Waals surface area contributed by atoms with Crippen LogP contribution in [0.15, 0.2) is 47.1 Å². The Hall–Kier alpha value is -3.32. The van der Waals surface area contributed by atoms with E-state index in [1.807, 2.05) is 0 Å². The average molecular weight is 385 g/mol. The summed E-state index contributed by atoms with van der Waals surface area (Å²) < 4.78 is 10.6. The molecular weight excluding hydrogens is 372 g/mol. The molecule has 2 aliphatic rings. The smallest absolute Gasteiger partial charge is 0.335 e. The molecule has 4 rings (SSSR count). The summed E-state index contributed by atoms with van der Waals surface area (Å²) in [4.78, 5) is 24.0. The summed E-state index contributed by atoms with van der Waals surface area (Å²) in [6.45, 7) is 1.82. The van der Waals surface area contributed by atoms with Crippen LogP contribution in [0.1, 0.15) is 22.8 Å². The van der Waals surface area contributed by atoms with Crippen molar-refractivity contribution in [2.24, 2.45) is 5.10 Å². The predicted octanol–water partition coefficient (Wildman–Crippen LogP) is 3.57. The number of carbonyl (C=O) groups excluding carboxylic acids is 1. The van der Waals surface area contributed by atoms with Gasteiger partial charge in [-0.15, -0.1) is 0 Å². The van der Waals surface area contributed by atoms with Crippen LogP contribution in [0.25, 0.3) is 6.08 Å². The van der Waals surface area contributed by atoms with Crippen molar-refractivity contribution in [3.05, 3.63) is 58.1 Å². The fourth-order valence-electron chi connectivity index (χ4n) is 2.83. The quantitative estimate of drug-likeness (QED) is 0.817. The number of fused-ring (bicyclic) bond motifs is 1. The zero-order valence-corrected chi connectivity index (χ0v) is 14.9. The molecule has 0 aromatic heterocycles. The minimum atomic E-state index is -1.08. The van der Waals surface area contributed by atoms with Gasteiger partial charge in [0.15, 0.2) is 11.5 Å². The second kappa shape index (κ2) is 6.44. The van der Waals surface area contributed by atoms with Gasteiger partial charge in [0.05, 0.1) is 27.6 Å². The highest BCUT2D eigenvalue weighted by Gasteiger charge is 2.29. The number of aromatic carboxylic acids is 1. The molecule has 2 aromatic rings. The number of hydrogen-bond acceptors (Lipinski definition) is 5. The van der Waals surface area contributed by atoms with Crippen molar-refractivity contribution in [1.82, 2.24) is 0 Å². The van der Waals surface area contributed by atoms with Gasteiger partial charge in [0.2, 0.25) is 6.79 Å². The van der Waals surface area contributed by atoms with E-state index in [1.165, 1.54) is 17.1 Å². The van der Waals surface area contributed by atoms with Gasteiger partial charge < -0.3 is 14.6 Å². The summed E-state index contributed by atoms with van der Waals surface area (Å²) in [6, 6.07) is 9.37. The molecule has 0 saturated heterocycles. The standard InChI is InChI=1S/C19H13ClN2O5/c1-10-14(6-12-7-16-17(8-15(12)20)27-9-26-16)18(23)22(21-10)13-4-2-3-11(5-13)19(24)25/h2-8H,9H2,1H3,(H,24,25)/b14-6-. The zero-order valence-electron chi connectivity index (χ0n) is 14.1. The SMILES string of the molecule is CC1=NN(c2cccc(C(=O)O)c2)C(=O)/C1=C\c1cc2c(cc1Cl)OCO2. The fourth-order valence-corrected chi connectivity index (χ4v) is 3.04. The third kappa shape index (κ3) is 3.02. The molecule has 8 heteroatoms. The number of hydrogen-bond donors (Lipinski definition) is 1. The molecule has 0 atom stereocenters. The lowest BCUT2D eigenvalue weighted by Gasteiger charge is -2.12. The Morgan fingerprint density at radius 3 is 2.74 bits per heavy atom. The molecule has 0 spiro atoms. The van der Waals surface area contributed by atoms with Crippen LogP contribution in [0.5, 0.6) is 11.5 Å². The van der Waals surface area contributed by atoms with Gasteiger partial charge in [-0.25, -0.2) is 4.79 Å². The van der Waals surface area contributed by atoms with Crippen molar-refractivity contribution in [1.29, 1.82) is 0 Å². The number of hydrazone groups is 1. The fraction of sp³-hybridized carbons (Fsp3) is 0.105. The van der Waals surface area contributed by atoms with Crippen molar-refractivity contribution in [3.8, 4) is 11.5 Å². The highest BCUT2D eigenvalue weighted by molar-refractivity contribution is 6.35. The highest BCUT2D eigenvalue weighted by atomic mass is 35.5. The van der Waals surface area contributed by atoms with E-state index >= 15 is 0 Å². The van der Waals surface area contributed by atoms with E-state index in [-0.39, 0.29) is 18.3 Å². The Morgan fingerprint density at radius 2 is 2.00 bits per heavy atom. The number of anilines is 1. The summed E-state index contributed by atoms with van der Waals surface area (Å²) in [5.74, 6) is -0.342. The Morgan fingerprint density at radius 1 is 1.26 bits per heavy atom. The molecule has 27 heavy (non-hydrogen) atoms. The van der Waals surface area contributed by atoms with Crippen LogP contribution in [-0.4, -0.2) is 29.5 Å². The number of halogens is 1. The number of carboxylic acids is 1. The maximum absolute atomic E-state index is 12.8. The number of benzene rings is 2. The number of carbonyl (C=O) groups is 2. The third-order valence-electron chi connectivity index (χ3n) is 4.19. The van der Waals surface area contributed by atoms with Gasteiger partial charge in [0.25, 0.3) is 5.91 Å². The van der Waals surface area contributed by atoms with E-state index in [0.29, 0.717) is 39.1 Å². The number of carboxylic acid groups (broad SMARTS) is 1. The van der Waals surface area contributed by atoms with Crippen molar-refractivity contribution in [3.63, 3.8) is 0 Å². The largest absolute Gasteiger partial charge is 0.478 e. The lowest BCUT2D eigenvalue weighted by atomic mass is 10.1. The molecule has 0 saturated carbocycles. The summed E-state index contributed by atoms with van der Waals surface area (Å²) >= 11 is 6.28. The second-order valence-corrected chi connectivity index (χ2v) is 6.35. The molecule has 0 unspecified atom stereocenters. The second-order valence-electron chi connectivity index (χ2n) is 5.94. The van der Waals surface area contributed by atoms with Gasteiger partial charge in [0.1, 0.15) is 0 Å². The van der Waals surface area contributed by atoms with Crippen molar-refractivity contribution in [2.75, 3.05) is 11.8 Å². The van der Waals surface area contributed by atoms with Gasteiger partial charge in [0, 0.05) is 6.07 Å². The number of nitrogens with zero attached hydrogens (tertiary/aromatic N) is 2. The Kier molecular flexibility index (Phi) is 4.08. The first kappa shape index (κ1) is 17.1. The van der Waals surface area contributed by atoms with Crippen LogP contribution in [0, 0.1) is 0 Å². The highest BCUT2D eigenvalue weighted by Crippen LogP contribution is 2.38. The molecule has 2 heterocycles. The number of amides is 1. The molecule has 0 fully saturated rings. The first-order valence-electron chi connectivity index (χ1n) is 7.98. The van der Waals surface area contributed by atoms with E-state index in [2.05, 4.69) is 5.10 Å². The minimum Gasteiger partial charge on any atom is -0.478 e. The molecule has 136 valence electrons. The molecule has 2 aliphatic heterocycles. The maximum atomic E-state index is 12.8. The van der Waals surface area contributed by atoms with E-state index in [4.69, 9.17) is 26.2 Å². The first-order chi connectivity index (χ1) is 12.9. The normalized spacial score (nSPS) is 16.8. The summed E-state index contributed by atoms with van der Waals surface area (Å²) in [6.07, 6.45) is 1.63. The van der Waals surface area contributed by atoms with E-state index in [9.17, 15) is 9.59 Å². The van der Waals surface area contributed by atoms with Crippen LogP contribution in [0.3, 0.4) is 0 Å². The van der Waals surface area contributed by atoms with Gasteiger partial charge in [-0.2, -0.15) is 10.1 Å². The number of rotatable bonds is 3. The first-order valence-corrected chi connectivity index (χ1v) is 8.36. The molecule has 0 aliphatic carbocycles. The molecule has 7 nitrogen and oxygen atoms in total. The minimum absolute atomic E-state index is 0.0735. The van der Waals surface area contributed by atoms with E-state index < -0.39 is 5.97 Å². The van der Waals surface area contributed by atoms with Crippen LogP contribution >= 0.6 is 11.6 Å². The van der Waals surface area contributed by atoms with Gasteiger partial charge in [-0.1, -0.05) is 17.7 Å². The van der Waals surface area contributed by atoms with E-state index in [1.54, 1.807) is 37.3 Å². The van der Waals surface area contributed by atoms with Gasteiger partial charge in [-0.3, -0.25) is 4.79 Å². The van der Waals surface area contributed by atoms with Crippen LogP contribution in [0.2, 0.25) is 5.02 Å². The predicted molar refractivity (Wildman–Crippen MR) is 99.5 cm³/mol. The van der Waals surface area contributed by atoms with Gasteiger partial charge >= 0.3 is 5.97 Å². The Labute approximate surface area is 159 Å². The van der Waals surface area contributed by atoms with Gasteiger partial charge in [-0.05, 0) is 42.8 Å². The zero-order chi connectivity index (χ0) is 19.1. The topological polar surface area (TPSA) is 88.4 Å². The summed E-state index contributed by atoms with van der Waals surface area (Å²) in [7, 11) is 0. The maximum Gasteiger partial charge on any atom is 0.335 e. The molecule has 1 amide bonds. The number of ether oxygens (including phenoxy) is 2. The Bertz CT molecular complexity index is 1040. The molecule has 0 bridgehead atoms. The average Bonchev–Trinajstić information content (AvgIpc) is 3.20. The third-order valence-corrected chi connectivity index (χ3v) is 4.52. The molecule has 2 aromatic carbocycles. The Balaban J connectivity index is 1.70. The summed E-state index contributed by atoms with van der Waals surface area (Å²) in [5, 5.41) is 15.0. The van der Waals surface area contributed by atoms with Crippen molar-refractivity contribution >= 4 is 41.0 Å². The molecule has 0 radical (unpaired) electrons. The molecule has 1 N–H and O–H groups in total. The van der Waals surface area contributed by atoms with Crippen LogP contribution < -0.4 is 14.5 Å². The summed E-state index contributed by atoms with van der Waals surface area (Å²) in [5.41, 5.74) is 1.90. The monoisotopic (exact) mass is 384 g/mol. The van der Waals surface area contributed by atoms with Crippen molar-refractivity contribution in [2.45, 2.75) is 6.92 Å². The molecular formula is C19H13ClN2O5. The lowest BCUT2D eigenvalue weighted by molar-refractivity contribution is -0.114. The van der Waals surface area contributed by atoms with Crippen LogP contribution in [0.4, 0.5) is 5.69 Å². The van der Waals surface area contributed by atoms with Crippen molar-refractivity contribution < 1.29 is 24.2 Å². The lowest BCUT2D eigenvalue weighted by Crippen LogP contribution is -2.21. The van der Waals surface area contributed by atoms with Crippen LogP contribution in [-0.2, 0) is 4.79 Å². The van der Waals surface area contributed by atoms with E-state index in [0.717, 1.165) is 0 Å².